The molecule has 0 amide bonds. The molecule has 0 aromatic heterocycles. The summed E-state index contributed by atoms with van der Waals surface area (Å²) < 4.78 is 13.5. The largest absolute Gasteiger partial charge is 0.481 e. The third-order valence-corrected chi connectivity index (χ3v) is 3.13. The molecule has 1 aliphatic rings. The maximum absolute atomic E-state index is 13.1. The van der Waals surface area contributed by atoms with Crippen LogP contribution in [0.3, 0.4) is 0 Å². The number of fused-ring (bicyclic) bond motifs is 1. The highest BCUT2D eigenvalue weighted by Gasteiger charge is 2.27. The van der Waals surface area contributed by atoms with Crippen LogP contribution in [0.25, 0.3) is 0 Å². The Morgan fingerprint density at radius 2 is 2.00 bits per heavy atom. The van der Waals surface area contributed by atoms with Crippen molar-refractivity contribution in [1.82, 2.24) is 0 Å². The molecule has 2 rings (SSSR count). The van der Waals surface area contributed by atoms with Crippen molar-refractivity contribution in [3.8, 4) is 0 Å². The average Bonchev–Trinajstić information content (AvgIpc) is 2.48. The van der Waals surface area contributed by atoms with Gasteiger partial charge in [-0.15, -0.1) is 0 Å². The van der Waals surface area contributed by atoms with Crippen LogP contribution in [0.5, 0.6) is 0 Å². The molecule has 0 aliphatic heterocycles. The highest BCUT2D eigenvalue weighted by Crippen LogP contribution is 2.30. The van der Waals surface area contributed by atoms with Crippen LogP contribution >= 0.6 is 15.9 Å². The van der Waals surface area contributed by atoms with Crippen LogP contribution in [-0.4, -0.2) is 11.1 Å². The fourth-order valence-corrected chi connectivity index (χ4v) is 2.18. The summed E-state index contributed by atoms with van der Waals surface area (Å²) >= 11 is 3.08. The van der Waals surface area contributed by atoms with Gasteiger partial charge in [0.2, 0.25) is 0 Å². The Labute approximate surface area is 88.9 Å². The first kappa shape index (κ1) is 9.65. The van der Waals surface area contributed by atoms with E-state index in [4.69, 9.17) is 5.11 Å². The molecule has 4 heteroatoms. The zero-order valence-corrected chi connectivity index (χ0v) is 8.84. The predicted molar refractivity (Wildman–Crippen MR) is 52.6 cm³/mol. The highest BCUT2D eigenvalue weighted by atomic mass is 79.9. The molecule has 0 spiro atoms. The molecule has 0 radical (unpaired) electrons. The molecule has 0 fully saturated rings. The van der Waals surface area contributed by atoms with Crippen LogP contribution in [0.1, 0.15) is 11.1 Å². The van der Waals surface area contributed by atoms with Gasteiger partial charge in [-0.2, -0.15) is 0 Å². The van der Waals surface area contributed by atoms with Gasteiger partial charge >= 0.3 is 5.97 Å². The number of benzene rings is 1. The van der Waals surface area contributed by atoms with E-state index in [9.17, 15) is 9.18 Å². The molecule has 1 aromatic carbocycles. The summed E-state index contributed by atoms with van der Waals surface area (Å²) in [5, 5.41) is 8.82. The van der Waals surface area contributed by atoms with E-state index < -0.39 is 11.9 Å². The third kappa shape index (κ3) is 1.54. The van der Waals surface area contributed by atoms with E-state index in [-0.39, 0.29) is 5.82 Å². The lowest BCUT2D eigenvalue weighted by atomic mass is 10.1. The second-order valence-electron chi connectivity index (χ2n) is 3.48. The fraction of sp³-hybridized carbons (Fsp3) is 0.300. The molecule has 0 bridgehead atoms. The Hall–Kier alpha value is -0.900. The Morgan fingerprint density at radius 3 is 2.57 bits per heavy atom. The monoisotopic (exact) mass is 258 g/mol. The van der Waals surface area contributed by atoms with E-state index in [2.05, 4.69) is 15.9 Å². The van der Waals surface area contributed by atoms with Crippen LogP contribution in [0.4, 0.5) is 4.39 Å². The minimum absolute atomic E-state index is 0.324. The van der Waals surface area contributed by atoms with E-state index in [1.165, 1.54) is 6.07 Å². The molecule has 0 saturated carbocycles. The van der Waals surface area contributed by atoms with Crippen molar-refractivity contribution in [2.24, 2.45) is 5.92 Å². The second kappa shape index (κ2) is 3.35. The summed E-state index contributed by atoms with van der Waals surface area (Å²) in [6, 6.07) is 3.09. The molecule has 1 unspecified atom stereocenters. The van der Waals surface area contributed by atoms with Crippen LogP contribution < -0.4 is 0 Å². The van der Waals surface area contributed by atoms with Gasteiger partial charge in [-0.05, 0) is 52.0 Å². The minimum Gasteiger partial charge on any atom is -0.481 e. The number of hydrogen-bond acceptors (Lipinski definition) is 1. The van der Waals surface area contributed by atoms with Gasteiger partial charge in [0, 0.05) is 0 Å². The van der Waals surface area contributed by atoms with Gasteiger partial charge in [0.1, 0.15) is 5.82 Å². The molecule has 1 atom stereocenters. The van der Waals surface area contributed by atoms with Crippen molar-refractivity contribution in [2.45, 2.75) is 12.8 Å². The Morgan fingerprint density at radius 1 is 1.43 bits per heavy atom. The number of rotatable bonds is 1. The summed E-state index contributed by atoms with van der Waals surface area (Å²) in [5.74, 6) is -1.52. The van der Waals surface area contributed by atoms with Gasteiger partial charge in [0.05, 0.1) is 10.4 Å². The van der Waals surface area contributed by atoms with E-state index in [0.29, 0.717) is 17.3 Å². The van der Waals surface area contributed by atoms with Crippen molar-refractivity contribution < 1.29 is 14.3 Å². The maximum Gasteiger partial charge on any atom is 0.307 e. The van der Waals surface area contributed by atoms with E-state index in [1.807, 2.05) is 0 Å². The Kier molecular flexibility index (Phi) is 2.31. The molecule has 0 saturated heterocycles. The van der Waals surface area contributed by atoms with Gasteiger partial charge in [-0.1, -0.05) is 0 Å². The van der Waals surface area contributed by atoms with Crippen molar-refractivity contribution in [2.75, 3.05) is 0 Å². The van der Waals surface area contributed by atoms with Gasteiger partial charge in [-0.25, -0.2) is 4.39 Å². The predicted octanol–water partition coefficient (Wildman–Crippen LogP) is 2.39. The van der Waals surface area contributed by atoms with E-state index in [0.717, 1.165) is 11.1 Å². The summed E-state index contributed by atoms with van der Waals surface area (Å²) in [5.41, 5.74) is 1.75. The zero-order valence-electron chi connectivity index (χ0n) is 7.26. The lowest BCUT2D eigenvalue weighted by molar-refractivity contribution is -0.141. The van der Waals surface area contributed by atoms with Crippen molar-refractivity contribution in [1.29, 1.82) is 0 Å². The summed E-state index contributed by atoms with van der Waals surface area (Å²) in [7, 11) is 0. The summed E-state index contributed by atoms with van der Waals surface area (Å²) in [6.45, 7) is 0. The highest BCUT2D eigenvalue weighted by molar-refractivity contribution is 9.10. The molecule has 1 aliphatic carbocycles. The number of carbonyl (C=O) groups is 1. The fourth-order valence-electron chi connectivity index (χ4n) is 1.79. The van der Waals surface area contributed by atoms with E-state index in [1.54, 1.807) is 6.07 Å². The first-order chi connectivity index (χ1) is 6.58. The Bertz CT molecular complexity index is 372. The molecular weight excluding hydrogens is 251 g/mol. The summed E-state index contributed by atoms with van der Waals surface area (Å²) in [4.78, 5) is 10.7. The van der Waals surface area contributed by atoms with Crippen molar-refractivity contribution >= 4 is 21.9 Å². The molecular formula is C10H8BrFO2. The molecule has 74 valence electrons. The van der Waals surface area contributed by atoms with Crippen LogP contribution in [0.15, 0.2) is 16.6 Å². The molecule has 1 N–H and O–H groups in total. The number of aliphatic carboxylic acids is 1. The summed E-state index contributed by atoms with van der Waals surface area (Å²) in [6.07, 6.45) is 0.943. The SMILES string of the molecule is O=C(O)C1Cc2cc(F)c(Br)cc2C1. The topological polar surface area (TPSA) is 37.3 Å². The molecule has 14 heavy (non-hydrogen) atoms. The third-order valence-electron chi connectivity index (χ3n) is 2.52. The quantitative estimate of drug-likeness (QED) is 0.840. The minimum atomic E-state index is -0.808. The number of hydrogen-bond donors (Lipinski definition) is 1. The zero-order chi connectivity index (χ0) is 10.3. The lowest BCUT2D eigenvalue weighted by Gasteiger charge is -1.99. The van der Waals surface area contributed by atoms with Gasteiger partial charge in [0.25, 0.3) is 0 Å². The maximum atomic E-state index is 13.1. The first-order valence-electron chi connectivity index (χ1n) is 4.27. The average molecular weight is 259 g/mol. The van der Waals surface area contributed by atoms with Crippen LogP contribution in [0.2, 0.25) is 0 Å². The second-order valence-corrected chi connectivity index (χ2v) is 4.33. The van der Waals surface area contributed by atoms with E-state index >= 15 is 0 Å². The van der Waals surface area contributed by atoms with Gasteiger partial charge in [0.15, 0.2) is 0 Å². The molecule has 0 heterocycles. The molecule has 1 aromatic rings. The molecule has 2 nitrogen and oxygen atoms in total. The van der Waals surface area contributed by atoms with Gasteiger partial charge in [-0.3, -0.25) is 4.79 Å². The standard InChI is InChI=1S/C10H8BrFO2/c11-8-3-5-1-7(10(13)14)2-6(5)4-9(8)12/h3-4,7H,1-2H2,(H,13,14). The number of carboxylic acids is 1. The van der Waals surface area contributed by atoms with Crippen molar-refractivity contribution in [3.63, 3.8) is 0 Å². The first-order valence-corrected chi connectivity index (χ1v) is 5.07. The van der Waals surface area contributed by atoms with Gasteiger partial charge < -0.3 is 5.11 Å². The lowest BCUT2D eigenvalue weighted by Crippen LogP contribution is -2.12. The van der Waals surface area contributed by atoms with Crippen LogP contribution in [-0.2, 0) is 17.6 Å². The van der Waals surface area contributed by atoms with Crippen molar-refractivity contribution in [3.05, 3.63) is 33.5 Å². The Balaban J connectivity index is 2.36. The number of halogens is 2. The van der Waals surface area contributed by atoms with Crippen LogP contribution in [0, 0.1) is 11.7 Å². The number of carboxylic acid groups (broad SMARTS) is 1. The normalized spacial score (nSPS) is 19.4. The smallest absolute Gasteiger partial charge is 0.307 e.